The standard InChI is InChI=1S/C12H15BrN2S/c1-2-7-15-10(8-14)9-16-12-6-4-3-5-11(12)13/h3-6,10,15H,2,7,9H2,1H3. The van der Waals surface area contributed by atoms with Gasteiger partial charge in [0.05, 0.1) is 6.07 Å². The number of rotatable bonds is 6. The third-order valence-corrected chi connectivity index (χ3v) is 4.16. The molecule has 4 heteroatoms. The number of nitrogens with zero attached hydrogens (tertiary/aromatic N) is 1. The Balaban J connectivity index is 2.44. The van der Waals surface area contributed by atoms with Crippen molar-refractivity contribution in [1.29, 1.82) is 5.26 Å². The zero-order valence-electron chi connectivity index (χ0n) is 9.24. The highest BCUT2D eigenvalue weighted by molar-refractivity contribution is 9.10. The Hall–Kier alpha value is -0.500. The minimum absolute atomic E-state index is 0.0722. The van der Waals surface area contributed by atoms with Crippen LogP contribution in [0.5, 0.6) is 0 Å². The van der Waals surface area contributed by atoms with Crippen molar-refractivity contribution in [3.05, 3.63) is 28.7 Å². The molecule has 1 N–H and O–H groups in total. The SMILES string of the molecule is CCCNC(C#N)CSc1ccccc1Br. The van der Waals surface area contributed by atoms with Crippen LogP contribution in [0.1, 0.15) is 13.3 Å². The lowest BCUT2D eigenvalue weighted by Gasteiger charge is -2.10. The van der Waals surface area contributed by atoms with Gasteiger partial charge in [-0.3, -0.25) is 0 Å². The molecule has 0 aliphatic heterocycles. The fraction of sp³-hybridized carbons (Fsp3) is 0.417. The highest BCUT2D eigenvalue weighted by atomic mass is 79.9. The number of nitrogens with one attached hydrogen (secondary N) is 1. The molecule has 0 bridgehead atoms. The quantitative estimate of drug-likeness (QED) is 0.817. The molecule has 0 fully saturated rings. The van der Waals surface area contributed by atoms with Gasteiger partial charge in [-0.15, -0.1) is 11.8 Å². The fourth-order valence-corrected chi connectivity index (χ4v) is 2.74. The lowest BCUT2D eigenvalue weighted by Crippen LogP contribution is -2.30. The average molecular weight is 299 g/mol. The molecule has 0 saturated carbocycles. The second-order valence-electron chi connectivity index (χ2n) is 3.38. The first-order valence-electron chi connectivity index (χ1n) is 5.28. The van der Waals surface area contributed by atoms with Crippen LogP contribution >= 0.6 is 27.7 Å². The molecule has 0 aliphatic rings. The van der Waals surface area contributed by atoms with E-state index in [4.69, 9.17) is 5.26 Å². The predicted octanol–water partition coefficient (Wildman–Crippen LogP) is 3.43. The van der Waals surface area contributed by atoms with Crippen molar-refractivity contribution >= 4 is 27.7 Å². The molecule has 0 aliphatic carbocycles. The van der Waals surface area contributed by atoms with E-state index in [9.17, 15) is 0 Å². The van der Waals surface area contributed by atoms with Gasteiger partial charge in [-0.25, -0.2) is 0 Å². The van der Waals surface area contributed by atoms with E-state index < -0.39 is 0 Å². The molecule has 1 rings (SSSR count). The summed E-state index contributed by atoms with van der Waals surface area (Å²) in [6, 6.07) is 10.3. The largest absolute Gasteiger partial charge is 0.301 e. The van der Waals surface area contributed by atoms with E-state index in [2.05, 4.69) is 40.3 Å². The molecular formula is C12H15BrN2S. The van der Waals surface area contributed by atoms with Crippen LogP contribution in [0.25, 0.3) is 0 Å². The second kappa shape index (κ2) is 7.72. The van der Waals surface area contributed by atoms with Crippen LogP contribution in [0.3, 0.4) is 0 Å². The maximum absolute atomic E-state index is 8.96. The van der Waals surface area contributed by atoms with Gasteiger partial charge >= 0.3 is 0 Å². The van der Waals surface area contributed by atoms with E-state index in [1.54, 1.807) is 11.8 Å². The normalized spacial score (nSPS) is 12.1. The first-order valence-corrected chi connectivity index (χ1v) is 7.06. The number of benzene rings is 1. The van der Waals surface area contributed by atoms with Gasteiger partial charge in [0.2, 0.25) is 0 Å². The highest BCUT2D eigenvalue weighted by Gasteiger charge is 2.07. The third-order valence-electron chi connectivity index (χ3n) is 2.04. The summed E-state index contributed by atoms with van der Waals surface area (Å²) in [5.74, 6) is 0.777. The molecule has 0 heterocycles. The summed E-state index contributed by atoms with van der Waals surface area (Å²) in [5, 5.41) is 12.2. The molecule has 1 unspecified atom stereocenters. The molecule has 1 aromatic carbocycles. The van der Waals surface area contributed by atoms with Crippen molar-refractivity contribution in [3.8, 4) is 6.07 Å². The minimum Gasteiger partial charge on any atom is -0.301 e. The first kappa shape index (κ1) is 13.6. The van der Waals surface area contributed by atoms with Crippen molar-refractivity contribution in [1.82, 2.24) is 5.32 Å². The lowest BCUT2D eigenvalue weighted by molar-refractivity contribution is 0.637. The Kier molecular flexibility index (Phi) is 6.55. The Morgan fingerprint density at radius 3 is 2.88 bits per heavy atom. The summed E-state index contributed by atoms with van der Waals surface area (Å²) in [6.07, 6.45) is 1.05. The van der Waals surface area contributed by atoms with E-state index in [1.807, 2.05) is 18.2 Å². The number of thioether (sulfide) groups is 1. The van der Waals surface area contributed by atoms with Crippen molar-refractivity contribution in [2.24, 2.45) is 0 Å². The van der Waals surface area contributed by atoms with E-state index in [-0.39, 0.29) is 6.04 Å². The van der Waals surface area contributed by atoms with Gasteiger partial charge in [-0.2, -0.15) is 5.26 Å². The van der Waals surface area contributed by atoms with E-state index in [0.29, 0.717) is 0 Å². The smallest absolute Gasteiger partial charge is 0.105 e. The number of hydrogen-bond donors (Lipinski definition) is 1. The topological polar surface area (TPSA) is 35.8 Å². The number of hydrogen-bond acceptors (Lipinski definition) is 3. The minimum atomic E-state index is -0.0722. The van der Waals surface area contributed by atoms with Crippen molar-refractivity contribution in [2.75, 3.05) is 12.3 Å². The van der Waals surface area contributed by atoms with Crippen molar-refractivity contribution < 1.29 is 0 Å². The summed E-state index contributed by atoms with van der Waals surface area (Å²) in [6.45, 7) is 3.00. The Bertz CT molecular complexity index is 362. The third kappa shape index (κ3) is 4.56. The maximum Gasteiger partial charge on any atom is 0.105 e. The van der Waals surface area contributed by atoms with Crippen LogP contribution in [0.4, 0.5) is 0 Å². The fourth-order valence-electron chi connectivity index (χ4n) is 1.20. The number of nitriles is 1. The summed E-state index contributed by atoms with van der Waals surface area (Å²) < 4.78 is 1.09. The van der Waals surface area contributed by atoms with Crippen LogP contribution in [0, 0.1) is 11.3 Å². The molecule has 0 radical (unpaired) electrons. The van der Waals surface area contributed by atoms with E-state index in [0.717, 1.165) is 23.2 Å². The molecular weight excluding hydrogens is 284 g/mol. The van der Waals surface area contributed by atoms with Gasteiger partial charge in [0.15, 0.2) is 0 Å². The van der Waals surface area contributed by atoms with Crippen LogP contribution in [0.2, 0.25) is 0 Å². The van der Waals surface area contributed by atoms with Gasteiger partial charge in [-0.1, -0.05) is 19.1 Å². The Morgan fingerprint density at radius 2 is 2.25 bits per heavy atom. The van der Waals surface area contributed by atoms with Crippen molar-refractivity contribution in [3.63, 3.8) is 0 Å². The van der Waals surface area contributed by atoms with Crippen LogP contribution < -0.4 is 5.32 Å². The molecule has 86 valence electrons. The van der Waals surface area contributed by atoms with Crippen LogP contribution in [-0.2, 0) is 0 Å². The number of halogens is 1. The zero-order valence-corrected chi connectivity index (χ0v) is 11.6. The van der Waals surface area contributed by atoms with Gasteiger partial charge < -0.3 is 5.32 Å². The molecule has 2 nitrogen and oxygen atoms in total. The Morgan fingerprint density at radius 1 is 1.50 bits per heavy atom. The molecule has 1 atom stereocenters. The molecule has 16 heavy (non-hydrogen) atoms. The molecule has 1 aromatic rings. The van der Waals surface area contributed by atoms with Gasteiger partial charge in [0, 0.05) is 15.1 Å². The molecule has 0 amide bonds. The second-order valence-corrected chi connectivity index (χ2v) is 5.29. The van der Waals surface area contributed by atoms with Gasteiger partial charge in [0.25, 0.3) is 0 Å². The molecule has 0 saturated heterocycles. The summed E-state index contributed by atoms with van der Waals surface area (Å²) >= 11 is 5.20. The molecule has 0 spiro atoms. The maximum atomic E-state index is 8.96. The van der Waals surface area contributed by atoms with Crippen LogP contribution in [0.15, 0.2) is 33.6 Å². The van der Waals surface area contributed by atoms with E-state index >= 15 is 0 Å². The predicted molar refractivity (Wildman–Crippen MR) is 72.6 cm³/mol. The Labute approximate surface area is 110 Å². The van der Waals surface area contributed by atoms with E-state index in [1.165, 1.54) is 4.90 Å². The summed E-state index contributed by atoms with van der Waals surface area (Å²) in [5.41, 5.74) is 0. The lowest BCUT2D eigenvalue weighted by atomic mass is 10.3. The first-order chi connectivity index (χ1) is 7.77. The van der Waals surface area contributed by atoms with Gasteiger partial charge in [0.1, 0.15) is 6.04 Å². The van der Waals surface area contributed by atoms with Crippen molar-refractivity contribution in [2.45, 2.75) is 24.3 Å². The van der Waals surface area contributed by atoms with Crippen LogP contribution in [-0.4, -0.2) is 18.3 Å². The monoisotopic (exact) mass is 298 g/mol. The van der Waals surface area contributed by atoms with Gasteiger partial charge in [-0.05, 0) is 41.0 Å². The zero-order chi connectivity index (χ0) is 11.8. The molecule has 0 aromatic heterocycles. The summed E-state index contributed by atoms with van der Waals surface area (Å²) in [7, 11) is 0. The summed E-state index contributed by atoms with van der Waals surface area (Å²) in [4.78, 5) is 1.18. The average Bonchev–Trinajstić information content (AvgIpc) is 2.31. The highest BCUT2D eigenvalue weighted by Crippen LogP contribution is 2.27.